The highest BCUT2D eigenvalue weighted by molar-refractivity contribution is 6.07. The number of rotatable bonds is 6. The summed E-state index contributed by atoms with van der Waals surface area (Å²) in [5, 5.41) is 6.43. The number of carbonyl (C=O) groups excluding carboxylic acids is 2. The molecule has 0 radical (unpaired) electrons. The Bertz CT molecular complexity index is 1120. The number of aromatic nitrogens is 2. The number of amides is 1. The highest BCUT2D eigenvalue weighted by atomic mass is 19.2. The number of ether oxygens (including phenoxy) is 2. The van der Waals surface area contributed by atoms with Crippen LogP contribution in [0.5, 0.6) is 5.75 Å². The van der Waals surface area contributed by atoms with E-state index in [0.717, 1.165) is 0 Å². The lowest BCUT2D eigenvalue weighted by atomic mass is 10.1. The Hall–Kier alpha value is -3.89. The van der Waals surface area contributed by atoms with Crippen molar-refractivity contribution in [2.75, 3.05) is 12.4 Å². The molecular weight excluding hydrogens is 422 g/mol. The van der Waals surface area contributed by atoms with Gasteiger partial charge in [0.1, 0.15) is 6.61 Å². The maximum Gasteiger partial charge on any atom is 0.358 e. The SMILES string of the molecule is COC(=O)c1c(NC(=O)c2ccc(COc3c(F)c(F)cc(F)c3F)cc2)cnn1C. The Morgan fingerprint density at radius 2 is 1.68 bits per heavy atom. The Morgan fingerprint density at radius 3 is 2.26 bits per heavy atom. The van der Waals surface area contributed by atoms with Gasteiger partial charge >= 0.3 is 5.97 Å². The molecule has 0 fully saturated rings. The number of benzene rings is 2. The second kappa shape index (κ2) is 8.86. The summed E-state index contributed by atoms with van der Waals surface area (Å²) in [5.74, 6) is -8.87. The van der Waals surface area contributed by atoms with Crippen LogP contribution in [-0.4, -0.2) is 28.8 Å². The fourth-order valence-corrected chi connectivity index (χ4v) is 2.65. The van der Waals surface area contributed by atoms with Gasteiger partial charge in [-0.2, -0.15) is 13.9 Å². The summed E-state index contributed by atoms with van der Waals surface area (Å²) in [6.45, 7) is -0.409. The number of nitrogens with one attached hydrogen (secondary N) is 1. The van der Waals surface area contributed by atoms with E-state index < -0.39 is 47.5 Å². The predicted molar refractivity (Wildman–Crippen MR) is 99.5 cm³/mol. The molecule has 0 bridgehead atoms. The lowest BCUT2D eigenvalue weighted by Gasteiger charge is -2.10. The zero-order valence-corrected chi connectivity index (χ0v) is 16.2. The van der Waals surface area contributed by atoms with E-state index in [4.69, 9.17) is 4.74 Å². The van der Waals surface area contributed by atoms with E-state index in [1.54, 1.807) is 0 Å². The first kappa shape index (κ1) is 21.8. The van der Waals surface area contributed by atoms with Crippen LogP contribution in [0.3, 0.4) is 0 Å². The molecule has 7 nitrogen and oxygen atoms in total. The van der Waals surface area contributed by atoms with E-state index in [2.05, 4.69) is 15.2 Å². The third kappa shape index (κ3) is 4.49. The van der Waals surface area contributed by atoms with Crippen molar-refractivity contribution in [2.24, 2.45) is 7.05 Å². The van der Waals surface area contributed by atoms with E-state index in [1.807, 2.05) is 0 Å². The van der Waals surface area contributed by atoms with Crippen molar-refractivity contribution < 1.29 is 36.6 Å². The van der Waals surface area contributed by atoms with Crippen LogP contribution in [0, 0.1) is 23.3 Å². The van der Waals surface area contributed by atoms with E-state index in [9.17, 15) is 27.2 Å². The van der Waals surface area contributed by atoms with Gasteiger partial charge in [-0.15, -0.1) is 0 Å². The maximum absolute atomic E-state index is 13.6. The zero-order valence-electron chi connectivity index (χ0n) is 16.2. The van der Waals surface area contributed by atoms with Crippen molar-refractivity contribution >= 4 is 17.6 Å². The van der Waals surface area contributed by atoms with Crippen LogP contribution < -0.4 is 10.1 Å². The van der Waals surface area contributed by atoms with E-state index in [1.165, 1.54) is 49.3 Å². The number of halogens is 4. The highest BCUT2D eigenvalue weighted by Crippen LogP contribution is 2.27. The molecule has 1 heterocycles. The minimum Gasteiger partial charge on any atom is -0.483 e. The van der Waals surface area contributed by atoms with Crippen LogP contribution in [0.1, 0.15) is 26.4 Å². The molecule has 0 saturated carbocycles. The number of methoxy groups -OCH3 is 1. The molecule has 1 amide bonds. The number of aryl methyl sites for hydroxylation is 1. The molecule has 0 spiro atoms. The van der Waals surface area contributed by atoms with Crippen LogP contribution in [0.15, 0.2) is 36.5 Å². The first-order valence-corrected chi connectivity index (χ1v) is 8.69. The Labute approximate surface area is 173 Å². The van der Waals surface area contributed by atoms with Gasteiger partial charge in [-0.1, -0.05) is 12.1 Å². The third-order valence-corrected chi connectivity index (χ3v) is 4.24. The Balaban J connectivity index is 1.70. The Morgan fingerprint density at radius 1 is 1.06 bits per heavy atom. The van der Waals surface area contributed by atoms with Gasteiger partial charge in [0.15, 0.2) is 23.1 Å². The molecule has 0 saturated heterocycles. The van der Waals surface area contributed by atoms with Gasteiger partial charge < -0.3 is 14.8 Å². The summed E-state index contributed by atoms with van der Waals surface area (Å²) in [5.41, 5.74) is 0.757. The van der Waals surface area contributed by atoms with Crippen molar-refractivity contribution in [1.29, 1.82) is 0 Å². The molecule has 0 aliphatic carbocycles. The van der Waals surface area contributed by atoms with E-state index in [-0.39, 0.29) is 23.0 Å². The van der Waals surface area contributed by atoms with Crippen molar-refractivity contribution in [3.8, 4) is 5.75 Å². The summed E-state index contributed by atoms with van der Waals surface area (Å²) < 4.78 is 64.5. The molecule has 0 unspecified atom stereocenters. The molecule has 0 atom stereocenters. The van der Waals surface area contributed by atoms with Crippen LogP contribution in [0.4, 0.5) is 23.2 Å². The summed E-state index contributed by atoms with van der Waals surface area (Å²) in [7, 11) is 2.70. The largest absolute Gasteiger partial charge is 0.483 e. The number of hydrogen-bond donors (Lipinski definition) is 1. The highest BCUT2D eigenvalue weighted by Gasteiger charge is 2.21. The lowest BCUT2D eigenvalue weighted by Crippen LogP contribution is -2.16. The average molecular weight is 437 g/mol. The summed E-state index contributed by atoms with van der Waals surface area (Å²) >= 11 is 0. The second-order valence-electron chi connectivity index (χ2n) is 6.26. The number of hydrogen-bond acceptors (Lipinski definition) is 5. The minimum atomic E-state index is -1.65. The molecule has 1 aromatic heterocycles. The third-order valence-electron chi connectivity index (χ3n) is 4.24. The molecule has 3 rings (SSSR count). The Kier molecular flexibility index (Phi) is 6.23. The monoisotopic (exact) mass is 437 g/mol. The molecule has 2 aromatic carbocycles. The number of nitrogens with zero attached hydrogens (tertiary/aromatic N) is 2. The smallest absolute Gasteiger partial charge is 0.358 e. The van der Waals surface area contributed by atoms with Gasteiger partial charge in [0.25, 0.3) is 5.91 Å². The molecule has 0 aliphatic rings. The summed E-state index contributed by atoms with van der Waals surface area (Å²) in [4.78, 5) is 24.2. The molecule has 162 valence electrons. The van der Waals surface area contributed by atoms with Crippen molar-refractivity contribution in [2.45, 2.75) is 6.61 Å². The van der Waals surface area contributed by atoms with Crippen molar-refractivity contribution in [1.82, 2.24) is 9.78 Å². The maximum atomic E-state index is 13.6. The van der Waals surface area contributed by atoms with Crippen molar-refractivity contribution in [3.05, 3.63) is 76.6 Å². The van der Waals surface area contributed by atoms with Gasteiger partial charge in [0.05, 0.1) is 19.0 Å². The quantitative estimate of drug-likeness (QED) is 0.362. The fourth-order valence-electron chi connectivity index (χ4n) is 2.65. The number of anilines is 1. The van der Waals surface area contributed by atoms with Gasteiger partial charge in [-0.05, 0) is 17.7 Å². The van der Waals surface area contributed by atoms with Gasteiger partial charge in [-0.25, -0.2) is 13.6 Å². The van der Waals surface area contributed by atoms with Gasteiger partial charge in [-0.3, -0.25) is 9.48 Å². The van der Waals surface area contributed by atoms with Crippen LogP contribution in [0.25, 0.3) is 0 Å². The molecule has 11 heteroatoms. The summed E-state index contributed by atoms with van der Waals surface area (Å²) in [6, 6.07) is 5.71. The normalized spacial score (nSPS) is 10.6. The lowest BCUT2D eigenvalue weighted by molar-refractivity contribution is 0.0589. The first-order chi connectivity index (χ1) is 14.7. The number of esters is 1. The van der Waals surface area contributed by atoms with Gasteiger partial charge in [0, 0.05) is 18.7 Å². The standard InChI is InChI=1S/C20H15F4N3O4/c1-27-17(20(29)30-2)14(8-25-27)26-19(28)11-5-3-10(4-6-11)9-31-18-15(23)12(21)7-13(22)16(18)24/h3-8H,9H2,1-2H3,(H,26,28). The van der Waals surface area contributed by atoms with Crippen LogP contribution in [0.2, 0.25) is 0 Å². The van der Waals surface area contributed by atoms with Crippen LogP contribution in [-0.2, 0) is 18.4 Å². The zero-order chi connectivity index (χ0) is 22.7. The molecule has 0 aliphatic heterocycles. The topological polar surface area (TPSA) is 82.4 Å². The molecular formula is C20H15F4N3O4. The fraction of sp³-hybridized carbons (Fsp3) is 0.150. The van der Waals surface area contributed by atoms with Crippen LogP contribution >= 0.6 is 0 Å². The first-order valence-electron chi connectivity index (χ1n) is 8.69. The summed E-state index contributed by atoms with van der Waals surface area (Å²) in [6.07, 6.45) is 1.29. The van der Waals surface area contributed by atoms with Gasteiger partial charge in [0.2, 0.25) is 11.6 Å². The molecule has 31 heavy (non-hydrogen) atoms. The van der Waals surface area contributed by atoms with Crippen molar-refractivity contribution in [3.63, 3.8) is 0 Å². The van der Waals surface area contributed by atoms with E-state index in [0.29, 0.717) is 5.56 Å². The minimum absolute atomic E-state index is 0.0484. The second-order valence-corrected chi connectivity index (χ2v) is 6.26. The average Bonchev–Trinajstić information content (AvgIpc) is 3.12. The van der Waals surface area contributed by atoms with E-state index >= 15 is 0 Å². The number of carbonyl (C=O) groups is 2. The molecule has 3 aromatic rings. The molecule has 1 N–H and O–H groups in total. The predicted octanol–water partition coefficient (Wildman–Crippen LogP) is 3.59.